The predicted octanol–water partition coefficient (Wildman–Crippen LogP) is 3.43. The predicted molar refractivity (Wildman–Crippen MR) is 112 cm³/mol. The lowest BCUT2D eigenvalue weighted by Gasteiger charge is -2.27. The van der Waals surface area contributed by atoms with Crippen LogP contribution in [0.1, 0.15) is 17.7 Å². The summed E-state index contributed by atoms with van der Waals surface area (Å²) >= 11 is 0. The number of amides is 1. The van der Waals surface area contributed by atoms with Crippen LogP contribution in [-0.4, -0.2) is 37.2 Å². The van der Waals surface area contributed by atoms with E-state index in [1.54, 1.807) is 0 Å². The van der Waals surface area contributed by atoms with Gasteiger partial charge in [-0.1, -0.05) is 36.4 Å². The molecule has 1 N–H and O–H groups in total. The van der Waals surface area contributed by atoms with Crippen molar-refractivity contribution in [3.8, 4) is 11.3 Å². The normalized spacial score (nSPS) is 14.0. The highest BCUT2D eigenvalue weighted by molar-refractivity contribution is 5.76. The van der Waals surface area contributed by atoms with Gasteiger partial charge in [0.05, 0.1) is 13.2 Å². The minimum Gasteiger partial charge on any atom is -0.461 e. The summed E-state index contributed by atoms with van der Waals surface area (Å²) in [4.78, 5) is 18.9. The van der Waals surface area contributed by atoms with Crippen molar-refractivity contribution in [2.24, 2.45) is 0 Å². The van der Waals surface area contributed by atoms with E-state index in [2.05, 4.69) is 15.2 Å². The van der Waals surface area contributed by atoms with Crippen molar-refractivity contribution in [1.29, 1.82) is 0 Å². The smallest absolute Gasteiger partial charge is 0.220 e. The zero-order valence-corrected chi connectivity index (χ0v) is 16.3. The molecule has 3 heterocycles. The number of anilines is 1. The van der Waals surface area contributed by atoms with Gasteiger partial charge in [-0.05, 0) is 23.8 Å². The minimum atomic E-state index is -0.0000769. The van der Waals surface area contributed by atoms with Gasteiger partial charge in [0.15, 0.2) is 0 Å². The van der Waals surface area contributed by atoms with Crippen LogP contribution in [0.15, 0.2) is 65.2 Å². The molecule has 1 aliphatic heterocycles. The molecule has 0 spiro atoms. The zero-order chi connectivity index (χ0) is 19.9. The van der Waals surface area contributed by atoms with Crippen molar-refractivity contribution in [1.82, 2.24) is 10.3 Å². The molecule has 4 rings (SSSR count). The number of ether oxygens (including phenoxy) is 1. The summed E-state index contributed by atoms with van der Waals surface area (Å²) in [5.41, 5.74) is 2.02. The molecule has 0 bridgehead atoms. The largest absolute Gasteiger partial charge is 0.461 e. The third-order valence-electron chi connectivity index (χ3n) is 4.95. The number of aromatic nitrogens is 1. The number of hydrogen-bond acceptors (Lipinski definition) is 5. The molecule has 1 saturated heterocycles. The summed E-state index contributed by atoms with van der Waals surface area (Å²) in [5.74, 6) is 2.60. The Labute approximate surface area is 170 Å². The minimum absolute atomic E-state index is 0.0000769. The molecule has 0 unspecified atom stereocenters. The molecule has 0 radical (unpaired) electrons. The number of aryl methyl sites for hydroxylation is 1. The second-order valence-electron chi connectivity index (χ2n) is 7.03. The van der Waals surface area contributed by atoms with Crippen LogP contribution in [0.4, 0.5) is 5.82 Å². The van der Waals surface area contributed by atoms with Crippen molar-refractivity contribution >= 4 is 11.7 Å². The van der Waals surface area contributed by atoms with Crippen LogP contribution in [0.3, 0.4) is 0 Å². The lowest BCUT2D eigenvalue weighted by atomic mass is 10.2. The van der Waals surface area contributed by atoms with Gasteiger partial charge in [0, 0.05) is 44.2 Å². The van der Waals surface area contributed by atoms with Gasteiger partial charge in [-0.3, -0.25) is 4.79 Å². The Morgan fingerprint density at radius 1 is 1.03 bits per heavy atom. The Morgan fingerprint density at radius 2 is 1.86 bits per heavy atom. The lowest BCUT2D eigenvalue weighted by molar-refractivity contribution is -0.121. The van der Waals surface area contributed by atoms with E-state index in [1.165, 1.54) is 0 Å². The van der Waals surface area contributed by atoms with Gasteiger partial charge in [0.25, 0.3) is 0 Å². The lowest BCUT2D eigenvalue weighted by Crippen LogP contribution is -2.36. The number of morpholine rings is 1. The van der Waals surface area contributed by atoms with Crippen LogP contribution in [0, 0.1) is 0 Å². The van der Waals surface area contributed by atoms with Gasteiger partial charge in [0.2, 0.25) is 5.91 Å². The van der Waals surface area contributed by atoms with Crippen molar-refractivity contribution in [2.75, 3.05) is 31.2 Å². The molecule has 1 amide bonds. The molecule has 1 aliphatic rings. The van der Waals surface area contributed by atoms with Gasteiger partial charge in [0.1, 0.15) is 17.3 Å². The van der Waals surface area contributed by atoms with Crippen molar-refractivity contribution in [3.05, 3.63) is 72.1 Å². The molecule has 0 atom stereocenters. The van der Waals surface area contributed by atoms with E-state index in [4.69, 9.17) is 9.15 Å². The second kappa shape index (κ2) is 9.39. The van der Waals surface area contributed by atoms with Crippen molar-refractivity contribution in [3.63, 3.8) is 0 Å². The number of benzene rings is 1. The maximum absolute atomic E-state index is 12.2. The van der Waals surface area contributed by atoms with Crippen LogP contribution in [0.2, 0.25) is 0 Å². The average molecular weight is 391 g/mol. The second-order valence-corrected chi connectivity index (χ2v) is 7.03. The fourth-order valence-electron chi connectivity index (χ4n) is 3.30. The zero-order valence-electron chi connectivity index (χ0n) is 16.3. The molecule has 0 saturated carbocycles. The van der Waals surface area contributed by atoms with Gasteiger partial charge < -0.3 is 19.4 Å². The van der Waals surface area contributed by atoms with Crippen LogP contribution >= 0.6 is 0 Å². The number of pyridine rings is 1. The van der Waals surface area contributed by atoms with Crippen molar-refractivity contribution < 1.29 is 13.9 Å². The molecular formula is C23H25N3O3. The average Bonchev–Trinajstić information content (AvgIpc) is 3.27. The Hall–Kier alpha value is -3.12. The summed E-state index contributed by atoms with van der Waals surface area (Å²) < 4.78 is 11.2. The number of furan rings is 1. The number of hydrogen-bond donors (Lipinski definition) is 1. The summed E-state index contributed by atoms with van der Waals surface area (Å²) in [7, 11) is 0. The highest BCUT2D eigenvalue weighted by atomic mass is 16.5. The molecule has 6 nitrogen and oxygen atoms in total. The van der Waals surface area contributed by atoms with E-state index in [0.29, 0.717) is 19.4 Å². The molecule has 6 heteroatoms. The fourth-order valence-corrected chi connectivity index (χ4v) is 3.30. The summed E-state index contributed by atoms with van der Waals surface area (Å²) in [5, 5.41) is 2.95. The van der Waals surface area contributed by atoms with Crippen LogP contribution in [-0.2, 0) is 22.5 Å². The van der Waals surface area contributed by atoms with Crippen molar-refractivity contribution in [2.45, 2.75) is 19.4 Å². The molecule has 29 heavy (non-hydrogen) atoms. The number of rotatable bonds is 7. The number of carbonyl (C=O) groups is 1. The molecular weight excluding hydrogens is 366 g/mol. The van der Waals surface area contributed by atoms with E-state index in [0.717, 1.165) is 54.8 Å². The number of carbonyl (C=O) groups excluding carboxylic acids is 1. The standard InChI is InChI=1S/C23H25N3O3/c27-23(11-8-20-7-9-21(29-20)19-4-2-1-3-5-19)25-17-18-6-10-22(24-16-18)26-12-14-28-15-13-26/h1-7,9-10,16H,8,11-15,17H2,(H,25,27). The molecule has 1 fully saturated rings. The third kappa shape index (κ3) is 5.23. The van der Waals surface area contributed by atoms with E-state index in [9.17, 15) is 4.79 Å². The molecule has 3 aromatic rings. The molecule has 150 valence electrons. The maximum atomic E-state index is 12.2. The highest BCUT2D eigenvalue weighted by Crippen LogP contribution is 2.22. The van der Waals surface area contributed by atoms with Gasteiger partial charge in [-0.25, -0.2) is 4.98 Å². The van der Waals surface area contributed by atoms with E-state index in [-0.39, 0.29) is 5.91 Å². The Kier molecular flexibility index (Phi) is 6.22. The Balaban J connectivity index is 1.22. The topological polar surface area (TPSA) is 67.6 Å². The first-order chi connectivity index (χ1) is 14.3. The summed E-state index contributed by atoms with van der Waals surface area (Å²) in [6.45, 7) is 3.68. The first-order valence-electron chi connectivity index (χ1n) is 9.96. The van der Waals surface area contributed by atoms with Crippen LogP contribution in [0.25, 0.3) is 11.3 Å². The number of nitrogens with zero attached hydrogens (tertiary/aromatic N) is 2. The van der Waals surface area contributed by atoms with Gasteiger partial charge in [-0.2, -0.15) is 0 Å². The van der Waals surface area contributed by atoms with Crippen LogP contribution in [0.5, 0.6) is 0 Å². The molecule has 0 aliphatic carbocycles. The first-order valence-corrected chi connectivity index (χ1v) is 9.96. The summed E-state index contributed by atoms with van der Waals surface area (Å²) in [6.07, 6.45) is 2.79. The molecule has 1 aromatic carbocycles. The Bertz CT molecular complexity index is 916. The van der Waals surface area contributed by atoms with E-state index >= 15 is 0 Å². The van der Waals surface area contributed by atoms with Crippen LogP contribution < -0.4 is 10.2 Å². The Morgan fingerprint density at radius 3 is 2.62 bits per heavy atom. The SMILES string of the molecule is O=C(CCc1ccc(-c2ccccc2)o1)NCc1ccc(N2CCOCC2)nc1. The van der Waals surface area contributed by atoms with E-state index in [1.807, 2.05) is 60.8 Å². The first kappa shape index (κ1) is 19.2. The molecule has 2 aromatic heterocycles. The summed E-state index contributed by atoms with van der Waals surface area (Å²) in [6, 6.07) is 17.8. The van der Waals surface area contributed by atoms with E-state index < -0.39 is 0 Å². The van der Waals surface area contributed by atoms with Gasteiger partial charge in [-0.15, -0.1) is 0 Å². The number of nitrogens with one attached hydrogen (secondary N) is 1. The van der Waals surface area contributed by atoms with Gasteiger partial charge >= 0.3 is 0 Å². The third-order valence-corrected chi connectivity index (χ3v) is 4.95. The fraction of sp³-hybridized carbons (Fsp3) is 0.304. The maximum Gasteiger partial charge on any atom is 0.220 e. The monoisotopic (exact) mass is 391 g/mol. The quantitative estimate of drug-likeness (QED) is 0.668. The highest BCUT2D eigenvalue weighted by Gasteiger charge is 2.12.